The Kier molecular flexibility index (Phi) is 5.30. The molecule has 0 N–H and O–H groups in total. The zero-order chi connectivity index (χ0) is 10.2. The third-order valence-corrected chi connectivity index (χ3v) is 2.04. The van der Waals surface area contributed by atoms with Crippen LogP contribution >= 0.6 is 0 Å². The van der Waals surface area contributed by atoms with Crippen molar-refractivity contribution in [2.75, 3.05) is 13.2 Å². The molecule has 1 rings (SSSR count). The Morgan fingerprint density at radius 3 is 3.00 bits per heavy atom. The molecule has 0 saturated carbocycles. The van der Waals surface area contributed by atoms with Gasteiger partial charge >= 0.3 is 5.97 Å². The Hall–Kier alpha value is -0.830. The smallest absolute Gasteiger partial charge is 0.330 e. The largest absolute Gasteiger partial charge is 0.460 e. The summed E-state index contributed by atoms with van der Waals surface area (Å²) in [5.74, 6) is -0.253. The van der Waals surface area contributed by atoms with Gasteiger partial charge in [0, 0.05) is 6.08 Å². The Morgan fingerprint density at radius 2 is 2.36 bits per heavy atom. The zero-order valence-electron chi connectivity index (χ0n) is 8.70. The van der Waals surface area contributed by atoms with E-state index in [0.717, 1.165) is 19.4 Å². The van der Waals surface area contributed by atoms with Crippen molar-refractivity contribution in [3.05, 3.63) is 12.2 Å². The van der Waals surface area contributed by atoms with E-state index in [0.29, 0.717) is 6.61 Å². The fourth-order valence-corrected chi connectivity index (χ4v) is 1.08. The number of hydrogen-bond donors (Lipinski definition) is 0. The van der Waals surface area contributed by atoms with Gasteiger partial charge in [0.15, 0.2) is 0 Å². The summed E-state index contributed by atoms with van der Waals surface area (Å²) >= 11 is 0. The first kappa shape index (κ1) is 11.2. The van der Waals surface area contributed by atoms with Crippen LogP contribution in [-0.2, 0) is 14.3 Å². The third-order valence-electron chi connectivity index (χ3n) is 2.04. The summed E-state index contributed by atoms with van der Waals surface area (Å²) in [6, 6.07) is 0. The minimum atomic E-state index is -0.253. The van der Waals surface area contributed by atoms with E-state index in [2.05, 4.69) is 6.92 Å². The summed E-state index contributed by atoms with van der Waals surface area (Å²) in [6.45, 7) is 3.29. The molecule has 1 atom stereocenters. The van der Waals surface area contributed by atoms with Crippen molar-refractivity contribution in [1.82, 2.24) is 0 Å². The maximum Gasteiger partial charge on any atom is 0.330 e. The molecular formula is C11H18O3. The number of hydrogen-bond acceptors (Lipinski definition) is 3. The van der Waals surface area contributed by atoms with Gasteiger partial charge in [-0.2, -0.15) is 0 Å². The van der Waals surface area contributed by atoms with Gasteiger partial charge in [-0.15, -0.1) is 0 Å². The second kappa shape index (κ2) is 6.60. The second-order valence-corrected chi connectivity index (χ2v) is 3.48. The van der Waals surface area contributed by atoms with Gasteiger partial charge in [-0.3, -0.25) is 0 Å². The van der Waals surface area contributed by atoms with E-state index in [1.54, 1.807) is 0 Å². The van der Waals surface area contributed by atoms with E-state index >= 15 is 0 Å². The van der Waals surface area contributed by atoms with Gasteiger partial charge in [-0.05, 0) is 12.8 Å². The van der Waals surface area contributed by atoms with Crippen LogP contribution in [0.1, 0.15) is 32.6 Å². The topological polar surface area (TPSA) is 38.8 Å². The van der Waals surface area contributed by atoms with Crippen molar-refractivity contribution in [1.29, 1.82) is 0 Å². The third kappa shape index (κ3) is 5.75. The average Bonchev–Trinajstić information content (AvgIpc) is 2.98. The van der Waals surface area contributed by atoms with Gasteiger partial charge < -0.3 is 9.47 Å². The number of unbranched alkanes of at least 4 members (excludes halogenated alkanes) is 3. The van der Waals surface area contributed by atoms with Crippen LogP contribution in [0.5, 0.6) is 0 Å². The number of rotatable bonds is 7. The van der Waals surface area contributed by atoms with Gasteiger partial charge in [0.1, 0.15) is 12.7 Å². The Balaban J connectivity index is 1.94. The van der Waals surface area contributed by atoms with Crippen LogP contribution in [-0.4, -0.2) is 25.3 Å². The van der Waals surface area contributed by atoms with Gasteiger partial charge in [0.05, 0.1) is 6.61 Å². The first-order chi connectivity index (χ1) is 6.83. The normalized spacial score (nSPS) is 19.9. The van der Waals surface area contributed by atoms with E-state index < -0.39 is 0 Å². The molecule has 1 aliphatic heterocycles. The van der Waals surface area contributed by atoms with E-state index in [-0.39, 0.29) is 12.1 Å². The van der Waals surface area contributed by atoms with Crippen LogP contribution in [0.15, 0.2) is 12.2 Å². The number of carbonyl (C=O) groups excluding carboxylic acids is 1. The summed E-state index contributed by atoms with van der Waals surface area (Å²) in [6.07, 6.45) is 8.08. The molecule has 1 saturated heterocycles. The predicted octanol–water partition coefficient (Wildman–Crippen LogP) is 2.06. The van der Waals surface area contributed by atoms with Crippen molar-refractivity contribution in [2.24, 2.45) is 0 Å². The molecule has 1 heterocycles. The monoisotopic (exact) mass is 198 g/mol. The van der Waals surface area contributed by atoms with Crippen LogP contribution < -0.4 is 0 Å². The van der Waals surface area contributed by atoms with Gasteiger partial charge in [0.25, 0.3) is 0 Å². The fourth-order valence-electron chi connectivity index (χ4n) is 1.08. The Bertz CT molecular complexity index is 195. The molecule has 80 valence electrons. The molecule has 0 radical (unpaired) electrons. The molecule has 1 unspecified atom stereocenters. The molecule has 3 heteroatoms. The van der Waals surface area contributed by atoms with Crippen molar-refractivity contribution in [2.45, 2.75) is 38.7 Å². The average molecular weight is 198 g/mol. The van der Waals surface area contributed by atoms with Crippen LogP contribution in [0.2, 0.25) is 0 Å². The molecule has 14 heavy (non-hydrogen) atoms. The number of allylic oxidation sites excluding steroid dienone is 1. The van der Waals surface area contributed by atoms with E-state index in [1.807, 2.05) is 6.08 Å². The highest BCUT2D eigenvalue weighted by Gasteiger charge is 2.23. The molecule has 0 aromatic rings. The van der Waals surface area contributed by atoms with Crippen molar-refractivity contribution < 1.29 is 14.3 Å². The number of ether oxygens (including phenoxy) is 2. The number of esters is 1. The number of carbonyl (C=O) groups is 1. The zero-order valence-corrected chi connectivity index (χ0v) is 8.70. The highest BCUT2D eigenvalue weighted by molar-refractivity contribution is 5.81. The summed E-state index contributed by atoms with van der Waals surface area (Å²) in [5, 5.41) is 0. The maximum absolute atomic E-state index is 11.0. The molecular weight excluding hydrogens is 180 g/mol. The van der Waals surface area contributed by atoms with Crippen LogP contribution in [0, 0.1) is 0 Å². The molecule has 1 aliphatic rings. The molecule has 3 nitrogen and oxygen atoms in total. The summed E-state index contributed by atoms with van der Waals surface area (Å²) < 4.78 is 9.84. The molecule has 0 aromatic heterocycles. The highest BCUT2D eigenvalue weighted by Crippen LogP contribution is 2.08. The predicted molar refractivity (Wildman–Crippen MR) is 54.0 cm³/mol. The maximum atomic E-state index is 11.0. The quantitative estimate of drug-likeness (QED) is 0.272. The molecule has 0 aliphatic carbocycles. The molecule has 0 amide bonds. The van der Waals surface area contributed by atoms with Gasteiger partial charge in [-0.1, -0.05) is 25.8 Å². The SMILES string of the molecule is CCCCCC=CC(=O)OCC1CO1. The minimum absolute atomic E-state index is 0.160. The Labute approximate surface area is 85.1 Å². The Morgan fingerprint density at radius 1 is 1.57 bits per heavy atom. The standard InChI is InChI=1S/C11H18O3/c1-2-3-4-5-6-7-11(12)14-9-10-8-13-10/h6-7,10H,2-5,8-9H2,1H3. The van der Waals surface area contributed by atoms with E-state index in [9.17, 15) is 4.79 Å². The molecule has 0 aromatic carbocycles. The first-order valence-corrected chi connectivity index (χ1v) is 5.28. The summed E-state index contributed by atoms with van der Waals surface area (Å²) in [4.78, 5) is 11.0. The second-order valence-electron chi connectivity index (χ2n) is 3.48. The van der Waals surface area contributed by atoms with Crippen molar-refractivity contribution in [3.8, 4) is 0 Å². The lowest BCUT2D eigenvalue weighted by Crippen LogP contribution is -2.06. The lowest BCUT2D eigenvalue weighted by Gasteiger charge is -1.97. The number of epoxide rings is 1. The first-order valence-electron chi connectivity index (χ1n) is 5.28. The van der Waals surface area contributed by atoms with Gasteiger partial charge in [0.2, 0.25) is 0 Å². The van der Waals surface area contributed by atoms with Crippen LogP contribution in [0.3, 0.4) is 0 Å². The van der Waals surface area contributed by atoms with Crippen molar-refractivity contribution in [3.63, 3.8) is 0 Å². The minimum Gasteiger partial charge on any atom is -0.460 e. The molecule has 0 spiro atoms. The van der Waals surface area contributed by atoms with E-state index in [1.165, 1.54) is 18.9 Å². The lowest BCUT2D eigenvalue weighted by molar-refractivity contribution is -0.138. The summed E-state index contributed by atoms with van der Waals surface area (Å²) in [7, 11) is 0. The summed E-state index contributed by atoms with van der Waals surface area (Å²) in [5.41, 5.74) is 0. The van der Waals surface area contributed by atoms with Crippen LogP contribution in [0.4, 0.5) is 0 Å². The van der Waals surface area contributed by atoms with Gasteiger partial charge in [-0.25, -0.2) is 4.79 Å². The van der Waals surface area contributed by atoms with Crippen molar-refractivity contribution >= 4 is 5.97 Å². The lowest BCUT2D eigenvalue weighted by atomic mass is 10.2. The van der Waals surface area contributed by atoms with E-state index in [4.69, 9.17) is 9.47 Å². The molecule has 0 bridgehead atoms. The highest BCUT2D eigenvalue weighted by atomic mass is 16.6. The molecule has 1 fully saturated rings. The fraction of sp³-hybridized carbons (Fsp3) is 0.727. The van der Waals surface area contributed by atoms with Crippen LogP contribution in [0.25, 0.3) is 0 Å².